The molecule has 0 aliphatic carbocycles. The molecule has 1 unspecified atom stereocenters. The highest BCUT2D eigenvalue weighted by atomic mass is 127. The molecule has 0 saturated heterocycles. The number of hydrogen-bond donors (Lipinski definition) is 2. The van der Waals surface area contributed by atoms with E-state index in [2.05, 4.69) is 10.3 Å². The van der Waals surface area contributed by atoms with Gasteiger partial charge in [0.15, 0.2) is 5.96 Å². The van der Waals surface area contributed by atoms with E-state index >= 15 is 0 Å². The Morgan fingerprint density at radius 3 is 2.85 bits per heavy atom. The van der Waals surface area contributed by atoms with Crippen LogP contribution >= 0.6 is 24.0 Å². The molecule has 7 heteroatoms. The summed E-state index contributed by atoms with van der Waals surface area (Å²) in [6, 6.07) is 6.16. The number of benzene rings is 1. The number of hydrogen-bond acceptors (Lipinski definition) is 3. The Morgan fingerprint density at radius 2 is 2.30 bits per heavy atom. The highest BCUT2D eigenvalue weighted by Gasteiger charge is 2.04. The fourth-order valence-electron chi connectivity index (χ4n) is 1.51. The van der Waals surface area contributed by atoms with Crippen molar-refractivity contribution in [3.05, 3.63) is 35.1 Å². The van der Waals surface area contributed by atoms with E-state index < -0.39 is 5.82 Å². The number of aliphatic imine (C=N–C) groups is 1. The number of rotatable bonds is 5. The summed E-state index contributed by atoms with van der Waals surface area (Å²) in [4.78, 5) is 4.04. The topological polar surface area (TPSA) is 83.4 Å². The van der Waals surface area contributed by atoms with Crippen molar-refractivity contribution < 1.29 is 9.13 Å². The van der Waals surface area contributed by atoms with Gasteiger partial charge in [0.2, 0.25) is 0 Å². The summed E-state index contributed by atoms with van der Waals surface area (Å²) in [5.74, 6) is -0.228. The largest absolute Gasteiger partial charge is 0.383 e. The van der Waals surface area contributed by atoms with Crippen LogP contribution < -0.4 is 11.1 Å². The Kier molecular flexibility index (Phi) is 8.83. The van der Waals surface area contributed by atoms with Crippen LogP contribution in [0.25, 0.3) is 0 Å². The molecule has 0 saturated carbocycles. The zero-order valence-electron chi connectivity index (χ0n) is 11.4. The first kappa shape index (κ1) is 18.6. The van der Waals surface area contributed by atoms with Gasteiger partial charge in [0.1, 0.15) is 5.82 Å². The second-order valence-corrected chi connectivity index (χ2v) is 4.12. The van der Waals surface area contributed by atoms with Gasteiger partial charge in [-0.3, -0.25) is 0 Å². The van der Waals surface area contributed by atoms with E-state index in [-0.39, 0.29) is 48.1 Å². The van der Waals surface area contributed by atoms with Crippen LogP contribution in [0.1, 0.15) is 18.1 Å². The van der Waals surface area contributed by atoms with Crippen molar-refractivity contribution >= 4 is 29.9 Å². The van der Waals surface area contributed by atoms with Crippen LogP contribution in [0.4, 0.5) is 4.39 Å². The van der Waals surface area contributed by atoms with E-state index in [0.29, 0.717) is 12.2 Å². The number of nitrogens with two attached hydrogens (primary N) is 1. The lowest BCUT2D eigenvalue weighted by Gasteiger charge is -2.13. The van der Waals surface area contributed by atoms with Gasteiger partial charge in [0.05, 0.1) is 24.8 Å². The molecule has 0 bridgehead atoms. The molecule has 110 valence electrons. The van der Waals surface area contributed by atoms with Crippen molar-refractivity contribution in [3.63, 3.8) is 0 Å². The van der Waals surface area contributed by atoms with Gasteiger partial charge in [-0.25, -0.2) is 9.38 Å². The molecular weight excluding hydrogens is 374 g/mol. The van der Waals surface area contributed by atoms with Crippen molar-refractivity contribution in [1.29, 1.82) is 5.26 Å². The zero-order valence-corrected chi connectivity index (χ0v) is 13.7. The van der Waals surface area contributed by atoms with E-state index in [1.54, 1.807) is 13.2 Å². The van der Waals surface area contributed by atoms with Crippen molar-refractivity contribution in [2.45, 2.75) is 19.5 Å². The molecule has 20 heavy (non-hydrogen) atoms. The molecule has 0 aliphatic heterocycles. The maximum Gasteiger partial charge on any atom is 0.189 e. The van der Waals surface area contributed by atoms with Gasteiger partial charge in [0.25, 0.3) is 0 Å². The van der Waals surface area contributed by atoms with Gasteiger partial charge in [-0.15, -0.1) is 24.0 Å². The molecule has 0 aliphatic rings. The quantitative estimate of drug-likeness (QED) is 0.455. The first-order valence-corrected chi connectivity index (χ1v) is 5.80. The maximum absolute atomic E-state index is 13.6. The van der Waals surface area contributed by atoms with Crippen LogP contribution in [0.2, 0.25) is 0 Å². The first-order chi connectivity index (χ1) is 9.06. The summed E-state index contributed by atoms with van der Waals surface area (Å²) in [6.07, 6.45) is 0. The molecule has 1 rings (SSSR count). The van der Waals surface area contributed by atoms with E-state index in [0.717, 1.165) is 0 Å². The van der Waals surface area contributed by atoms with Gasteiger partial charge in [-0.05, 0) is 19.1 Å². The lowest BCUT2D eigenvalue weighted by Crippen LogP contribution is -2.40. The monoisotopic (exact) mass is 392 g/mol. The Hall–Kier alpha value is -1.40. The Labute approximate surface area is 135 Å². The molecule has 3 N–H and O–H groups in total. The number of nitriles is 1. The van der Waals surface area contributed by atoms with Crippen LogP contribution in [-0.4, -0.2) is 25.7 Å². The molecule has 1 aromatic carbocycles. The van der Waals surface area contributed by atoms with Gasteiger partial charge >= 0.3 is 0 Å². The van der Waals surface area contributed by atoms with Crippen LogP contribution in [0.15, 0.2) is 23.2 Å². The maximum atomic E-state index is 13.6. The lowest BCUT2D eigenvalue weighted by molar-refractivity contribution is 0.179. The summed E-state index contributed by atoms with van der Waals surface area (Å²) in [7, 11) is 1.59. The second kappa shape index (κ2) is 9.50. The summed E-state index contributed by atoms with van der Waals surface area (Å²) < 4.78 is 18.5. The smallest absolute Gasteiger partial charge is 0.189 e. The SMILES string of the molecule is COCC(C)NC(N)=NCc1ccc(C#N)cc1F.I. The van der Waals surface area contributed by atoms with Crippen LogP contribution in [0.5, 0.6) is 0 Å². The molecule has 0 heterocycles. The molecule has 1 atom stereocenters. The predicted molar refractivity (Wildman–Crippen MR) is 86.3 cm³/mol. The number of halogens is 2. The molecule has 1 aromatic rings. The van der Waals surface area contributed by atoms with Crippen molar-refractivity contribution in [1.82, 2.24) is 5.32 Å². The van der Waals surface area contributed by atoms with Gasteiger partial charge in [0, 0.05) is 18.7 Å². The number of ether oxygens (including phenoxy) is 1. The van der Waals surface area contributed by atoms with Crippen molar-refractivity contribution in [3.8, 4) is 6.07 Å². The van der Waals surface area contributed by atoms with Gasteiger partial charge in [-0.2, -0.15) is 5.26 Å². The minimum atomic E-state index is -0.458. The average Bonchev–Trinajstić information content (AvgIpc) is 2.37. The first-order valence-electron chi connectivity index (χ1n) is 5.80. The van der Waals surface area contributed by atoms with Crippen LogP contribution in [0, 0.1) is 17.1 Å². The third-order valence-electron chi connectivity index (χ3n) is 2.41. The zero-order chi connectivity index (χ0) is 14.3. The molecule has 0 aromatic heterocycles. The summed E-state index contributed by atoms with van der Waals surface area (Å²) in [6.45, 7) is 2.52. The van der Waals surface area contributed by atoms with E-state index in [9.17, 15) is 4.39 Å². The fourth-order valence-corrected chi connectivity index (χ4v) is 1.51. The number of nitrogens with zero attached hydrogens (tertiary/aromatic N) is 2. The average molecular weight is 392 g/mol. The highest BCUT2D eigenvalue weighted by molar-refractivity contribution is 14.0. The number of guanidine groups is 1. The lowest BCUT2D eigenvalue weighted by atomic mass is 10.1. The third-order valence-corrected chi connectivity index (χ3v) is 2.41. The Balaban J connectivity index is 0.00000361. The molecular formula is C13H18FIN4O. The highest BCUT2D eigenvalue weighted by Crippen LogP contribution is 2.10. The third kappa shape index (κ3) is 6.16. The van der Waals surface area contributed by atoms with Crippen LogP contribution in [0.3, 0.4) is 0 Å². The number of nitrogens with one attached hydrogen (secondary N) is 1. The standard InChI is InChI=1S/C13H17FN4O.HI/c1-9(8-19-2)18-13(16)17-7-11-4-3-10(6-15)5-12(11)14;/h3-5,9H,7-8H2,1-2H3,(H3,16,17,18);1H. The molecule has 0 radical (unpaired) electrons. The van der Waals surface area contributed by atoms with E-state index in [4.69, 9.17) is 15.7 Å². The minimum absolute atomic E-state index is 0. The fraction of sp³-hybridized carbons (Fsp3) is 0.385. The van der Waals surface area contributed by atoms with E-state index in [1.165, 1.54) is 12.1 Å². The Morgan fingerprint density at radius 1 is 1.60 bits per heavy atom. The second-order valence-electron chi connectivity index (χ2n) is 4.12. The van der Waals surface area contributed by atoms with Crippen molar-refractivity contribution in [2.75, 3.05) is 13.7 Å². The predicted octanol–water partition coefficient (Wildman–Crippen LogP) is 1.75. The van der Waals surface area contributed by atoms with Crippen LogP contribution in [-0.2, 0) is 11.3 Å². The minimum Gasteiger partial charge on any atom is -0.383 e. The Bertz CT molecular complexity index is 502. The molecule has 0 amide bonds. The summed E-state index contributed by atoms with van der Waals surface area (Å²) in [5, 5.41) is 11.6. The van der Waals surface area contributed by atoms with Gasteiger partial charge in [-0.1, -0.05) is 6.07 Å². The molecule has 0 spiro atoms. The van der Waals surface area contributed by atoms with Crippen molar-refractivity contribution in [2.24, 2.45) is 10.7 Å². The molecule has 5 nitrogen and oxygen atoms in total. The summed E-state index contributed by atoms with van der Waals surface area (Å²) in [5.41, 5.74) is 6.34. The number of methoxy groups -OCH3 is 1. The normalized spacial score (nSPS) is 12.2. The molecule has 0 fully saturated rings. The summed E-state index contributed by atoms with van der Waals surface area (Å²) >= 11 is 0. The van der Waals surface area contributed by atoms with Gasteiger partial charge < -0.3 is 15.8 Å². The van der Waals surface area contributed by atoms with E-state index in [1.807, 2.05) is 13.0 Å².